The van der Waals surface area contributed by atoms with Crippen LogP contribution in [-0.4, -0.2) is 53.1 Å². The molecule has 0 radical (unpaired) electrons. The van der Waals surface area contributed by atoms with Gasteiger partial charge in [0.1, 0.15) is 0 Å². The molecule has 4 nitrogen and oxygen atoms in total. The number of piperazine rings is 1. The Morgan fingerprint density at radius 3 is 2.53 bits per heavy atom. The van der Waals surface area contributed by atoms with Crippen LogP contribution in [0.3, 0.4) is 0 Å². The van der Waals surface area contributed by atoms with E-state index in [2.05, 4.69) is 30.7 Å². The van der Waals surface area contributed by atoms with Crippen LogP contribution in [-0.2, 0) is 6.54 Å². The summed E-state index contributed by atoms with van der Waals surface area (Å²) in [7, 11) is 2.16. The van der Waals surface area contributed by atoms with E-state index in [1.807, 2.05) is 12.1 Å². The summed E-state index contributed by atoms with van der Waals surface area (Å²) in [4.78, 5) is 15.8. The molecule has 1 N–H and O–H groups in total. The van der Waals surface area contributed by atoms with Gasteiger partial charge >= 0.3 is 5.97 Å². The van der Waals surface area contributed by atoms with E-state index in [4.69, 9.17) is 5.11 Å². The fourth-order valence-corrected chi connectivity index (χ4v) is 2.70. The molecule has 0 saturated carbocycles. The molecule has 1 heterocycles. The Morgan fingerprint density at radius 1 is 1.32 bits per heavy atom. The molecule has 0 aliphatic carbocycles. The van der Waals surface area contributed by atoms with E-state index < -0.39 is 5.97 Å². The van der Waals surface area contributed by atoms with Crippen molar-refractivity contribution in [1.82, 2.24) is 9.80 Å². The van der Waals surface area contributed by atoms with Crippen molar-refractivity contribution in [3.8, 4) is 0 Å². The van der Waals surface area contributed by atoms with Crippen molar-refractivity contribution in [3.05, 3.63) is 35.4 Å². The van der Waals surface area contributed by atoms with Crippen LogP contribution in [0.5, 0.6) is 0 Å². The number of carboxylic acid groups (broad SMARTS) is 1. The highest BCUT2D eigenvalue weighted by atomic mass is 16.4. The number of carbonyl (C=O) groups is 1. The minimum absolute atomic E-state index is 0.368. The molecule has 0 bridgehead atoms. The molecular weight excluding hydrogens is 240 g/mol. The zero-order valence-corrected chi connectivity index (χ0v) is 11.8. The average Bonchev–Trinajstić information content (AvgIpc) is 2.36. The Bertz CT molecular complexity index is 449. The third-order valence-corrected chi connectivity index (χ3v) is 4.02. The van der Waals surface area contributed by atoms with Gasteiger partial charge in [0.05, 0.1) is 5.56 Å². The molecule has 0 aromatic heterocycles. The van der Waals surface area contributed by atoms with Gasteiger partial charge in [-0.15, -0.1) is 0 Å². The van der Waals surface area contributed by atoms with Crippen molar-refractivity contribution in [2.75, 3.05) is 20.1 Å². The van der Waals surface area contributed by atoms with Crippen molar-refractivity contribution in [2.24, 2.45) is 0 Å². The first-order chi connectivity index (χ1) is 8.97. The van der Waals surface area contributed by atoms with Crippen molar-refractivity contribution >= 4 is 5.97 Å². The number of hydrogen-bond donors (Lipinski definition) is 1. The first-order valence-electron chi connectivity index (χ1n) is 6.74. The van der Waals surface area contributed by atoms with Crippen LogP contribution in [0.25, 0.3) is 0 Å². The van der Waals surface area contributed by atoms with E-state index >= 15 is 0 Å². The standard InChI is InChI=1S/C15H22N2O2/c1-11-8-17(9-12(2)16(11)3)10-13-5-4-6-14(7-13)15(18)19/h4-7,11-12H,8-10H2,1-3H3,(H,18,19)/t11-,12+. The molecule has 4 heteroatoms. The molecular formula is C15H22N2O2. The predicted molar refractivity (Wildman–Crippen MR) is 75.4 cm³/mol. The zero-order valence-electron chi connectivity index (χ0n) is 11.8. The highest BCUT2D eigenvalue weighted by molar-refractivity contribution is 5.87. The number of benzene rings is 1. The van der Waals surface area contributed by atoms with E-state index in [0.29, 0.717) is 17.6 Å². The van der Waals surface area contributed by atoms with Crippen molar-refractivity contribution in [1.29, 1.82) is 0 Å². The molecule has 2 atom stereocenters. The molecule has 1 aliphatic rings. The highest BCUT2D eigenvalue weighted by Crippen LogP contribution is 2.16. The third-order valence-electron chi connectivity index (χ3n) is 4.02. The smallest absolute Gasteiger partial charge is 0.335 e. The lowest BCUT2D eigenvalue weighted by Gasteiger charge is -2.42. The topological polar surface area (TPSA) is 43.8 Å². The van der Waals surface area contributed by atoms with Gasteiger partial charge in [-0.2, -0.15) is 0 Å². The third kappa shape index (κ3) is 3.33. The quantitative estimate of drug-likeness (QED) is 0.903. The van der Waals surface area contributed by atoms with E-state index in [9.17, 15) is 4.79 Å². The molecule has 1 aromatic rings. The SMILES string of the molecule is C[C@@H]1CN(Cc2cccc(C(=O)O)c2)C[C@H](C)N1C. The van der Waals surface area contributed by atoms with Gasteiger partial charge in [0.2, 0.25) is 0 Å². The van der Waals surface area contributed by atoms with Crippen LogP contribution in [0, 0.1) is 0 Å². The second-order valence-corrected chi connectivity index (χ2v) is 5.56. The summed E-state index contributed by atoms with van der Waals surface area (Å²) in [6.07, 6.45) is 0. The minimum atomic E-state index is -0.859. The largest absolute Gasteiger partial charge is 0.478 e. The lowest BCUT2D eigenvalue weighted by atomic mass is 10.1. The molecule has 0 unspecified atom stereocenters. The van der Waals surface area contributed by atoms with Crippen LogP contribution in [0.2, 0.25) is 0 Å². The molecule has 1 aromatic carbocycles. The molecule has 2 rings (SSSR count). The number of nitrogens with zero attached hydrogens (tertiary/aromatic N) is 2. The molecule has 104 valence electrons. The lowest BCUT2D eigenvalue weighted by molar-refractivity contribution is 0.0555. The van der Waals surface area contributed by atoms with Crippen LogP contribution < -0.4 is 0 Å². The monoisotopic (exact) mass is 262 g/mol. The van der Waals surface area contributed by atoms with E-state index in [0.717, 1.165) is 25.2 Å². The van der Waals surface area contributed by atoms with Gasteiger partial charge in [-0.05, 0) is 38.6 Å². The number of likely N-dealkylation sites (N-methyl/N-ethyl adjacent to an activating group) is 1. The van der Waals surface area contributed by atoms with Gasteiger partial charge in [0, 0.05) is 31.7 Å². The van der Waals surface area contributed by atoms with Gasteiger partial charge in [-0.1, -0.05) is 12.1 Å². The first kappa shape index (κ1) is 14.0. The number of aromatic carboxylic acids is 1. The normalized spacial score (nSPS) is 25.4. The summed E-state index contributed by atoms with van der Waals surface area (Å²) in [5.74, 6) is -0.859. The summed E-state index contributed by atoms with van der Waals surface area (Å²) < 4.78 is 0. The molecule has 19 heavy (non-hydrogen) atoms. The molecule has 0 spiro atoms. The van der Waals surface area contributed by atoms with Crippen LogP contribution in [0.4, 0.5) is 0 Å². The first-order valence-corrected chi connectivity index (χ1v) is 6.74. The molecule has 1 fully saturated rings. The number of rotatable bonds is 3. The van der Waals surface area contributed by atoms with Crippen LogP contribution in [0.15, 0.2) is 24.3 Å². The van der Waals surface area contributed by atoms with Crippen molar-refractivity contribution in [3.63, 3.8) is 0 Å². The summed E-state index contributed by atoms with van der Waals surface area (Å²) >= 11 is 0. The average molecular weight is 262 g/mol. The number of hydrogen-bond acceptors (Lipinski definition) is 3. The fourth-order valence-electron chi connectivity index (χ4n) is 2.70. The minimum Gasteiger partial charge on any atom is -0.478 e. The second-order valence-electron chi connectivity index (χ2n) is 5.56. The van der Waals surface area contributed by atoms with E-state index in [1.165, 1.54) is 0 Å². The maximum Gasteiger partial charge on any atom is 0.335 e. The highest BCUT2D eigenvalue weighted by Gasteiger charge is 2.26. The van der Waals surface area contributed by atoms with Gasteiger partial charge in [-0.25, -0.2) is 4.79 Å². The maximum absolute atomic E-state index is 11.0. The molecule has 0 amide bonds. The van der Waals surface area contributed by atoms with E-state index in [-0.39, 0.29) is 0 Å². The Hall–Kier alpha value is -1.39. The van der Waals surface area contributed by atoms with Gasteiger partial charge in [0.25, 0.3) is 0 Å². The van der Waals surface area contributed by atoms with Gasteiger partial charge in [-0.3, -0.25) is 9.80 Å². The maximum atomic E-state index is 11.0. The summed E-state index contributed by atoms with van der Waals surface area (Å²) in [5, 5.41) is 9.01. The summed E-state index contributed by atoms with van der Waals surface area (Å²) in [5.41, 5.74) is 1.44. The van der Waals surface area contributed by atoms with Crippen molar-refractivity contribution in [2.45, 2.75) is 32.5 Å². The molecule has 1 aliphatic heterocycles. The Balaban J connectivity index is 2.05. The van der Waals surface area contributed by atoms with Gasteiger partial charge in [0.15, 0.2) is 0 Å². The predicted octanol–water partition coefficient (Wildman–Crippen LogP) is 1.91. The van der Waals surface area contributed by atoms with Crippen LogP contribution >= 0.6 is 0 Å². The van der Waals surface area contributed by atoms with Gasteiger partial charge < -0.3 is 5.11 Å². The van der Waals surface area contributed by atoms with E-state index in [1.54, 1.807) is 12.1 Å². The summed E-state index contributed by atoms with van der Waals surface area (Å²) in [6, 6.07) is 8.30. The Morgan fingerprint density at radius 2 is 1.95 bits per heavy atom. The summed E-state index contributed by atoms with van der Waals surface area (Å²) in [6.45, 7) is 7.34. The second kappa shape index (κ2) is 5.72. The lowest BCUT2D eigenvalue weighted by Crippen LogP contribution is -2.54. The fraction of sp³-hybridized carbons (Fsp3) is 0.533. The molecule has 1 saturated heterocycles. The Labute approximate surface area is 114 Å². The van der Waals surface area contributed by atoms with Crippen LogP contribution in [0.1, 0.15) is 29.8 Å². The zero-order chi connectivity index (χ0) is 14.0. The van der Waals surface area contributed by atoms with Crippen molar-refractivity contribution < 1.29 is 9.90 Å². The number of carboxylic acids is 1. The Kier molecular flexibility index (Phi) is 4.22.